The van der Waals surface area contributed by atoms with E-state index in [4.69, 9.17) is 4.74 Å². The number of esters is 1. The minimum absolute atomic E-state index is 0.173. The summed E-state index contributed by atoms with van der Waals surface area (Å²) in [5.41, 5.74) is 0.986. The van der Waals surface area contributed by atoms with Gasteiger partial charge in [-0.3, -0.25) is 14.0 Å². The number of methoxy groups -OCH3 is 1. The third kappa shape index (κ3) is 6.62. The molecule has 1 aliphatic heterocycles. The average molecular weight is 510 g/mol. The summed E-state index contributed by atoms with van der Waals surface area (Å²) in [6.45, 7) is 5.03. The Labute approximate surface area is 205 Å². The van der Waals surface area contributed by atoms with Gasteiger partial charge in [-0.15, -0.1) is 0 Å². The summed E-state index contributed by atoms with van der Waals surface area (Å²) in [5, 5.41) is 19.2. The van der Waals surface area contributed by atoms with Crippen LogP contribution >= 0.6 is 0 Å². The molecular formula is C24H32FN3O6S. The van der Waals surface area contributed by atoms with Gasteiger partial charge in [0.1, 0.15) is 11.9 Å². The Kier molecular flexibility index (Phi) is 8.57. The van der Waals surface area contributed by atoms with Crippen LogP contribution in [0.5, 0.6) is 11.5 Å². The number of nitrogens with zero attached hydrogens (tertiary/aromatic N) is 2. The molecule has 1 atom stereocenters. The summed E-state index contributed by atoms with van der Waals surface area (Å²) in [6.07, 6.45) is 0.929. The quantitative estimate of drug-likeness (QED) is 0.351. The molecule has 11 heteroatoms. The summed E-state index contributed by atoms with van der Waals surface area (Å²) in [7, 11) is -3.05. The van der Waals surface area contributed by atoms with Gasteiger partial charge in [0.15, 0.2) is 11.5 Å². The molecule has 3 N–H and O–H groups in total. The van der Waals surface area contributed by atoms with E-state index >= 15 is 0 Å². The van der Waals surface area contributed by atoms with E-state index in [9.17, 15) is 27.8 Å². The second kappa shape index (κ2) is 11.2. The summed E-state index contributed by atoms with van der Waals surface area (Å²) in [6, 6.07) is 8.44. The number of phenols is 2. The van der Waals surface area contributed by atoms with Crippen molar-refractivity contribution in [3.05, 3.63) is 53.8 Å². The number of rotatable bonds is 9. The molecule has 0 amide bonds. The molecule has 3 rings (SSSR count). The van der Waals surface area contributed by atoms with Crippen LogP contribution in [0.4, 0.5) is 10.1 Å². The van der Waals surface area contributed by atoms with E-state index in [1.54, 1.807) is 19.9 Å². The summed E-state index contributed by atoms with van der Waals surface area (Å²) in [4.78, 5) is 14.3. The van der Waals surface area contributed by atoms with Crippen LogP contribution in [0.2, 0.25) is 0 Å². The van der Waals surface area contributed by atoms with E-state index in [1.807, 2.05) is 0 Å². The van der Waals surface area contributed by atoms with Gasteiger partial charge in [0.05, 0.1) is 12.8 Å². The fourth-order valence-corrected chi connectivity index (χ4v) is 5.99. The lowest BCUT2D eigenvalue weighted by Crippen LogP contribution is -2.55. The number of benzene rings is 2. The number of halogens is 1. The largest absolute Gasteiger partial charge is 0.504 e. The number of anilines is 1. The zero-order valence-corrected chi connectivity index (χ0v) is 20.8. The zero-order chi connectivity index (χ0) is 25.8. The first kappa shape index (κ1) is 26.7. The SMILES string of the molecule is COC(=O)[C@H](NS(=O)(=O)N(c1cccc(F)c1)C1CCN(Cc2ccc(O)c(O)c2)CC1)C(C)C. The van der Waals surface area contributed by atoms with Crippen molar-refractivity contribution in [3.63, 3.8) is 0 Å². The Morgan fingerprint density at radius 3 is 2.43 bits per heavy atom. The molecule has 0 unspecified atom stereocenters. The van der Waals surface area contributed by atoms with Gasteiger partial charge in [0, 0.05) is 25.7 Å². The Bertz CT molecular complexity index is 1140. The molecule has 35 heavy (non-hydrogen) atoms. The molecule has 1 aliphatic rings. The third-order valence-corrected chi connectivity index (χ3v) is 7.63. The second-order valence-electron chi connectivity index (χ2n) is 8.97. The summed E-state index contributed by atoms with van der Waals surface area (Å²) < 4.78 is 49.5. The van der Waals surface area contributed by atoms with Crippen molar-refractivity contribution in [1.82, 2.24) is 9.62 Å². The predicted octanol–water partition coefficient (Wildman–Crippen LogP) is 2.74. The fraction of sp³-hybridized carbons (Fsp3) is 0.458. The molecule has 2 aromatic carbocycles. The highest BCUT2D eigenvalue weighted by Gasteiger charge is 2.37. The van der Waals surface area contributed by atoms with Gasteiger partial charge in [-0.05, 0) is 54.7 Å². The molecule has 1 fully saturated rings. The van der Waals surface area contributed by atoms with E-state index < -0.39 is 34.1 Å². The minimum Gasteiger partial charge on any atom is -0.504 e. The predicted molar refractivity (Wildman–Crippen MR) is 130 cm³/mol. The molecule has 1 heterocycles. The maximum Gasteiger partial charge on any atom is 0.324 e. The number of hydrogen-bond donors (Lipinski definition) is 3. The summed E-state index contributed by atoms with van der Waals surface area (Å²) >= 11 is 0. The number of phenolic OH excluding ortho intramolecular Hbond substituents is 2. The second-order valence-corrected chi connectivity index (χ2v) is 10.6. The molecule has 0 aromatic heterocycles. The smallest absolute Gasteiger partial charge is 0.324 e. The molecule has 0 aliphatic carbocycles. The molecule has 9 nitrogen and oxygen atoms in total. The number of hydrogen-bond acceptors (Lipinski definition) is 7. The standard InChI is InChI=1S/C24H32FN3O6S/c1-16(2)23(24(31)34-3)26-35(32,33)28(20-6-4-5-18(25)14-20)19-9-11-27(12-10-19)15-17-7-8-21(29)22(30)13-17/h4-8,13-14,16,19,23,26,29-30H,9-12,15H2,1-3H3/t23-/m1/s1. The normalized spacial score (nSPS) is 16.3. The number of carbonyl (C=O) groups excluding carboxylic acids is 1. The molecule has 0 radical (unpaired) electrons. The molecule has 2 aromatic rings. The van der Waals surface area contributed by atoms with Gasteiger partial charge in [-0.25, -0.2) is 4.39 Å². The van der Waals surface area contributed by atoms with E-state index in [2.05, 4.69) is 9.62 Å². The van der Waals surface area contributed by atoms with Crippen LogP contribution in [-0.2, 0) is 26.3 Å². The van der Waals surface area contributed by atoms with E-state index in [1.165, 1.54) is 37.4 Å². The molecule has 1 saturated heterocycles. The van der Waals surface area contributed by atoms with E-state index in [-0.39, 0.29) is 23.1 Å². The Morgan fingerprint density at radius 1 is 1.17 bits per heavy atom. The fourth-order valence-electron chi connectivity index (χ4n) is 4.20. The maximum atomic E-state index is 14.1. The van der Waals surface area contributed by atoms with Crippen LogP contribution in [-0.4, -0.2) is 61.8 Å². The van der Waals surface area contributed by atoms with Crippen molar-refractivity contribution >= 4 is 21.9 Å². The van der Waals surface area contributed by atoms with Crippen LogP contribution in [0.3, 0.4) is 0 Å². The van der Waals surface area contributed by atoms with Crippen LogP contribution in [0.25, 0.3) is 0 Å². The topological polar surface area (TPSA) is 119 Å². The molecular weight excluding hydrogens is 477 g/mol. The lowest BCUT2D eigenvalue weighted by Gasteiger charge is -2.39. The number of piperidine rings is 1. The number of carbonyl (C=O) groups is 1. The Balaban J connectivity index is 1.81. The highest BCUT2D eigenvalue weighted by molar-refractivity contribution is 7.91. The van der Waals surface area contributed by atoms with Crippen LogP contribution in [0, 0.1) is 11.7 Å². The molecule has 192 valence electrons. The van der Waals surface area contributed by atoms with Gasteiger partial charge in [-0.1, -0.05) is 26.0 Å². The Morgan fingerprint density at radius 2 is 1.86 bits per heavy atom. The number of aromatic hydroxyl groups is 2. The third-order valence-electron chi connectivity index (χ3n) is 6.05. The van der Waals surface area contributed by atoms with Crippen LogP contribution in [0.15, 0.2) is 42.5 Å². The van der Waals surface area contributed by atoms with Gasteiger partial charge in [-0.2, -0.15) is 13.1 Å². The van der Waals surface area contributed by atoms with Crippen molar-refractivity contribution in [2.24, 2.45) is 5.92 Å². The minimum atomic E-state index is -4.24. The number of likely N-dealkylation sites (tertiary alicyclic amines) is 1. The van der Waals surface area contributed by atoms with Crippen LogP contribution < -0.4 is 9.03 Å². The van der Waals surface area contributed by atoms with Crippen LogP contribution in [0.1, 0.15) is 32.3 Å². The van der Waals surface area contributed by atoms with Crippen molar-refractivity contribution in [1.29, 1.82) is 0 Å². The van der Waals surface area contributed by atoms with Gasteiger partial charge in [0.25, 0.3) is 0 Å². The first-order valence-corrected chi connectivity index (χ1v) is 12.8. The monoisotopic (exact) mass is 509 g/mol. The van der Waals surface area contributed by atoms with Gasteiger partial charge in [0.2, 0.25) is 0 Å². The average Bonchev–Trinajstić information content (AvgIpc) is 2.80. The lowest BCUT2D eigenvalue weighted by atomic mass is 10.0. The molecule has 0 spiro atoms. The summed E-state index contributed by atoms with van der Waals surface area (Å²) in [5.74, 6) is -2.02. The van der Waals surface area contributed by atoms with Crippen molar-refractivity contribution in [2.45, 2.75) is 45.3 Å². The number of ether oxygens (including phenoxy) is 1. The first-order chi connectivity index (χ1) is 16.5. The van der Waals surface area contributed by atoms with Crippen molar-refractivity contribution < 1.29 is 32.6 Å². The van der Waals surface area contributed by atoms with Crippen molar-refractivity contribution in [2.75, 3.05) is 24.5 Å². The Hall–Kier alpha value is -2.89. The zero-order valence-electron chi connectivity index (χ0n) is 20.0. The molecule has 0 bridgehead atoms. The van der Waals surface area contributed by atoms with Crippen molar-refractivity contribution in [3.8, 4) is 11.5 Å². The van der Waals surface area contributed by atoms with E-state index in [0.717, 1.165) is 15.9 Å². The van der Waals surface area contributed by atoms with Gasteiger partial charge >= 0.3 is 16.2 Å². The highest BCUT2D eigenvalue weighted by atomic mass is 32.2. The van der Waals surface area contributed by atoms with E-state index in [0.29, 0.717) is 32.5 Å². The van der Waals surface area contributed by atoms with Gasteiger partial charge < -0.3 is 14.9 Å². The number of nitrogens with one attached hydrogen (secondary N) is 1. The maximum absolute atomic E-state index is 14.1. The first-order valence-electron chi connectivity index (χ1n) is 11.4. The lowest BCUT2D eigenvalue weighted by molar-refractivity contribution is -0.143. The molecule has 0 saturated carbocycles. The highest BCUT2D eigenvalue weighted by Crippen LogP contribution is 2.29.